The topological polar surface area (TPSA) is 41.6 Å². The zero-order valence-electron chi connectivity index (χ0n) is 16.0. The molecule has 0 saturated heterocycles. The van der Waals surface area contributed by atoms with Crippen molar-refractivity contribution in [2.45, 2.75) is 26.2 Å². The lowest BCUT2D eigenvalue weighted by molar-refractivity contribution is 0.0951. The van der Waals surface area contributed by atoms with E-state index in [1.165, 1.54) is 16.7 Å². The average Bonchev–Trinajstić information content (AvgIpc) is 3.16. The van der Waals surface area contributed by atoms with Crippen LogP contribution in [-0.2, 0) is 31.0 Å². The Morgan fingerprint density at radius 1 is 0.929 bits per heavy atom. The molecule has 1 heterocycles. The summed E-state index contributed by atoms with van der Waals surface area (Å²) < 4.78 is 5.23. The number of nitrogens with zero attached hydrogens (tertiary/aromatic N) is 1. The molecule has 0 unspecified atom stereocenters. The van der Waals surface area contributed by atoms with Crippen LogP contribution >= 0.6 is 0 Å². The van der Waals surface area contributed by atoms with E-state index in [9.17, 15) is 4.79 Å². The molecule has 3 aromatic carbocycles. The molecule has 4 heteroatoms. The zero-order chi connectivity index (χ0) is 19.3. The van der Waals surface area contributed by atoms with E-state index in [1.807, 2.05) is 54.6 Å². The van der Waals surface area contributed by atoms with Crippen molar-refractivity contribution < 1.29 is 9.53 Å². The van der Waals surface area contributed by atoms with Crippen LogP contribution in [0.4, 0.5) is 5.69 Å². The van der Waals surface area contributed by atoms with Crippen molar-refractivity contribution in [1.82, 2.24) is 5.32 Å². The number of anilines is 1. The molecule has 0 saturated carbocycles. The number of methoxy groups -OCH3 is 1. The van der Waals surface area contributed by atoms with Crippen molar-refractivity contribution in [3.8, 4) is 0 Å². The van der Waals surface area contributed by atoms with Gasteiger partial charge in [-0.15, -0.1) is 0 Å². The molecular weight excluding hydrogens is 348 g/mol. The van der Waals surface area contributed by atoms with Gasteiger partial charge in [0.1, 0.15) is 0 Å². The van der Waals surface area contributed by atoms with Gasteiger partial charge in [0.25, 0.3) is 5.91 Å². The van der Waals surface area contributed by atoms with Gasteiger partial charge in [0.15, 0.2) is 0 Å². The van der Waals surface area contributed by atoms with Gasteiger partial charge in [0.2, 0.25) is 0 Å². The number of hydrogen-bond acceptors (Lipinski definition) is 3. The number of carbonyl (C=O) groups excluding carboxylic acids is 1. The number of amides is 1. The van der Waals surface area contributed by atoms with Gasteiger partial charge in [-0.05, 0) is 46.5 Å². The second-order valence-electron chi connectivity index (χ2n) is 7.11. The van der Waals surface area contributed by atoms with E-state index in [0.29, 0.717) is 18.7 Å². The third-order valence-electron chi connectivity index (χ3n) is 5.09. The number of nitrogens with one attached hydrogen (secondary N) is 1. The molecule has 1 amide bonds. The van der Waals surface area contributed by atoms with Crippen molar-refractivity contribution >= 4 is 11.6 Å². The maximum atomic E-state index is 12.4. The van der Waals surface area contributed by atoms with Crippen molar-refractivity contribution in [3.05, 3.63) is 101 Å². The molecule has 4 nitrogen and oxygen atoms in total. The van der Waals surface area contributed by atoms with E-state index in [4.69, 9.17) is 4.74 Å². The molecule has 0 spiro atoms. The molecule has 3 aromatic rings. The third-order valence-corrected chi connectivity index (χ3v) is 5.09. The van der Waals surface area contributed by atoms with Crippen LogP contribution in [0.25, 0.3) is 0 Å². The molecule has 1 N–H and O–H groups in total. The maximum absolute atomic E-state index is 12.4. The van der Waals surface area contributed by atoms with Gasteiger partial charge in [-0.25, -0.2) is 0 Å². The van der Waals surface area contributed by atoms with E-state index >= 15 is 0 Å². The first-order chi connectivity index (χ1) is 13.7. The first kappa shape index (κ1) is 18.3. The second-order valence-corrected chi connectivity index (χ2v) is 7.11. The molecule has 28 heavy (non-hydrogen) atoms. The fraction of sp³-hybridized carbons (Fsp3) is 0.208. The maximum Gasteiger partial charge on any atom is 0.251 e. The smallest absolute Gasteiger partial charge is 0.251 e. The van der Waals surface area contributed by atoms with Gasteiger partial charge in [-0.3, -0.25) is 4.79 Å². The van der Waals surface area contributed by atoms with Crippen LogP contribution in [0.15, 0.2) is 72.8 Å². The van der Waals surface area contributed by atoms with E-state index in [-0.39, 0.29) is 5.91 Å². The third kappa shape index (κ3) is 4.07. The van der Waals surface area contributed by atoms with Crippen LogP contribution < -0.4 is 10.2 Å². The van der Waals surface area contributed by atoms with Crippen LogP contribution in [0, 0.1) is 0 Å². The van der Waals surface area contributed by atoms with E-state index in [0.717, 1.165) is 24.3 Å². The minimum absolute atomic E-state index is 0.0516. The highest BCUT2D eigenvalue weighted by molar-refractivity contribution is 5.94. The minimum atomic E-state index is -0.0516. The molecule has 142 valence electrons. The number of benzene rings is 3. The predicted octanol–water partition coefficient (Wildman–Crippen LogP) is 4.28. The van der Waals surface area contributed by atoms with Crippen molar-refractivity contribution in [3.63, 3.8) is 0 Å². The fourth-order valence-electron chi connectivity index (χ4n) is 3.59. The second kappa shape index (κ2) is 8.28. The number of rotatable bonds is 6. The van der Waals surface area contributed by atoms with Crippen LogP contribution in [0.2, 0.25) is 0 Å². The summed E-state index contributed by atoms with van der Waals surface area (Å²) in [7, 11) is 1.72. The van der Waals surface area contributed by atoms with Crippen LogP contribution in [0.5, 0.6) is 0 Å². The Kier molecular flexibility index (Phi) is 5.40. The molecule has 0 aliphatic carbocycles. The van der Waals surface area contributed by atoms with Gasteiger partial charge in [-0.1, -0.05) is 48.5 Å². The van der Waals surface area contributed by atoms with E-state index < -0.39 is 0 Å². The van der Waals surface area contributed by atoms with Gasteiger partial charge in [-0.2, -0.15) is 0 Å². The summed E-state index contributed by atoms with van der Waals surface area (Å²) >= 11 is 0. The molecule has 1 aliphatic heterocycles. The Hall–Kier alpha value is -3.11. The number of hydrogen-bond donors (Lipinski definition) is 1. The lowest BCUT2D eigenvalue weighted by Crippen LogP contribution is -2.23. The number of fused-ring (bicyclic) bond motifs is 1. The quantitative estimate of drug-likeness (QED) is 0.702. The molecule has 0 radical (unpaired) electrons. The number of ether oxygens (including phenoxy) is 1. The summed E-state index contributed by atoms with van der Waals surface area (Å²) in [6, 6.07) is 24.3. The van der Waals surface area contributed by atoms with E-state index in [2.05, 4.69) is 28.4 Å². The highest BCUT2D eigenvalue weighted by Crippen LogP contribution is 2.29. The predicted molar refractivity (Wildman–Crippen MR) is 111 cm³/mol. The summed E-state index contributed by atoms with van der Waals surface area (Å²) in [4.78, 5) is 14.7. The molecule has 0 aromatic heterocycles. The van der Waals surface area contributed by atoms with Crippen molar-refractivity contribution in [1.29, 1.82) is 0 Å². The van der Waals surface area contributed by atoms with Crippen LogP contribution in [0.1, 0.15) is 32.6 Å². The molecule has 0 bridgehead atoms. The fourth-order valence-corrected chi connectivity index (χ4v) is 3.59. The monoisotopic (exact) mass is 372 g/mol. The molecule has 0 atom stereocenters. The Balaban J connectivity index is 1.39. The Morgan fingerprint density at radius 3 is 2.43 bits per heavy atom. The Labute approximate surface area is 165 Å². The summed E-state index contributed by atoms with van der Waals surface area (Å²) in [5, 5.41) is 2.97. The minimum Gasteiger partial charge on any atom is -0.380 e. The molecule has 4 rings (SSSR count). The SMILES string of the molecule is COCc1ccc2c(c1)CN(c1ccc(C(=O)NCc3ccccc3)cc1)C2. The first-order valence-electron chi connectivity index (χ1n) is 9.49. The normalized spacial score (nSPS) is 12.7. The molecule has 1 aliphatic rings. The highest BCUT2D eigenvalue weighted by atomic mass is 16.5. The van der Waals surface area contributed by atoms with Gasteiger partial charge in [0, 0.05) is 38.0 Å². The first-order valence-corrected chi connectivity index (χ1v) is 9.49. The van der Waals surface area contributed by atoms with Crippen molar-refractivity contribution in [2.24, 2.45) is 0 Å². The average molecular weight is 372 g/mol. The van der Waals surface area contributed by atoms with Gasteiger partial charge in [0.05, 0.1) is 6.61 Å². The lowest BCUT2D eigenvalue weighted by atomic mass is 10.1. The summed E-state index contributed by atoms with van der Waals surface area (Å²) in [5.41, 5.74) is 6.80. The highest BCUT2D eigenvalue weighted by Gasteiger charge is 2.19. The lowest BCUT2D eigenvalue weighted by Gasteiger charge is -2.18. The Morgan fingerprint density at radius 2 is 1.68 bits per heavy atom. The Bertz CT molecular complexity index is 952. The standard InChI is InChI=1S/C24H24N2O2/c1-28-17-19-7-8-21-15-26(16-22(21)13-19)23-11-9-20(10-12-23)24(27)25-14-18-5-3-2-4-6-18/h2-13H,14-17H2,1H3,(H,25,27). The largest absolute Gasteiger partial charge is 0.380 e. The number of carbonyl (C=O) groups is 1. The van der Waals surface area contributed by atoms with Crippen LogP contribution in [-0.4, -0.2) is 13.0 Å². The summed E-state index contributed by atoms with van der Waals surface area (Å²) in [5.74, 6) is -0.0516. The summed E-state index contributed by atoms with van der Waals surface area (Å²) in [6.45, 7) is 2.95. The van der Waals surface area contributed by atoms with Gasteiger partial charge >= 0.3 is 0 Å². The zero-order valence-corrected chi connectivity index (χ0v) is 16.0. The summed E-state index contributed by atoms with van der Waals surface area (Å²) in [6.07, 6.45) is 0. The molecule has 0 fully saturated rings. The van der Waals surface area contributed by atoms with Crippen molar-refractivity contribution in [2.75, 3.05) is 12.0 Å². The van der Waals surface area contributed by atoms with Gasteiger partial charge < -0.3 is 15.0 Å². The van der Waals surface area contributed by atoms with Crippen LogP contribution in [0.3, 0.4) is 0 Å². The van der Waals surface area contributed by atoms with E-state index in [1.54, 1.807) is 7.11 Å². The molecular formula is C24H24N2O2.